The smallest absolute Gasteiger partial charge is 0.197 e. The average Bonchev–Trinajstić information content (AvgIpc) is 3.86. The van der Waals surface area contributed by atoms with Crippen LogP contribution in [0.4, 0.5) is 0 Å². The van der Waals surface area contributed by atoms with Gasteiger partial charge in [-0.05, 0) is 76.9 Å². The van der Waals surface area contributed by atoms with E-state index in [0.29, 0.717) is 5.58 Å². The van der Waals surface area contributed by atoms with Gasteiger partial charge in [-0.1, -0.05) is 109 Å². The summed E-state index contributed by atoms with van der Waals surface area (Å²) in [5.41, 5.74) is 12.5. The van der Waals surface area contributed by atoms with Gasteiger partial charge in [-0.15, -0.1) is 0 Å². The van der Waals surface area contributed by atoms with Crippen LogP contribution in [0.5, 0.6) is 0 Å². The van der Waals surface area contributed by atoms with E-state index in [4.69, 9.17) is 14.4 Å². The van der Waals surface area contributed by atoms with Crippen LogP contribution in [0.2, 0.25) is 0 Å². The third kappa shape index (κ3) is 4.15. The van der Waals surface area contributed by atoms with Crippen LogP contribution in [0, 0.1) is 0 Å². The molecule has 51 heavy (non-hydrogen) atoms. The van der Waals surface area contributed by atoms with Crippen LogP contribution in [-0.4, -0.2) is 19.1 Å². The van der Waals surface area contributed by atoms with Gasteiger partial charge in [-0.3, -0.25) is 4.57 Å². The number of fused-ring (bicyclic) bond motifs is 9. The molecule has 0 bridgehead atoms. The van der Waals surface area contributed by atoms with E-state index < -0.39 is 0 Å². The van der Waals surface area contributed by atoms with Crippen molar-refractivity contribution in [1.82, 2.24) is 19.1 Å². The van der Waals surface area contributed by atoms with Gasteiger partial charge in [0.25, 0.3) is 0 Å². The lowest BCUT2D eigenvalue weighted by Crippen LogP contribution is -1.98. The molecule has 4 aromatic heterocycles. The summed E-state index contributed by atoms with van der Waals surface area (Å²) in [6, 6.07) is 58.1. The van der Waals surface area contributed by atoms with E-state index in [0.717, 1.165) is 61.3 Å². The number of benzene rings is 7. The van der Waals surface area contributed by atoms with Crippen molar-refractivity contribution in [3.63, 3.8) is 0 Å². The number of hydrogen-bond donors (Lipinski definition) is 0. The highest BCUT2D eigenvalue weighted by Crippen LogP contribution is 2.38. The molecule has 0 aliphatic carbocycles. The summed E-state index contributed by atoms with van der Waals surface area (Å²) in [6.45, 7) is 0. The third-order valence-corrected chi connectivity index (χ3v) is 10.2. The van der Waals surface area contributed by atoms with Gasteiger partial charge in [-0.25, -0.2) is 9.97 Å². The predicted octanol–water partition coefficient (Wildman–Crippen LogP) is 11.9. The molecule has 11 aromatic rings. The molecular formula is C46H28N4O. The molecule has 0 spiro atoms. The maximum absolute atomic E-state index is 6.55. The Morgan fingerprint density at radius 1 is 0.392 bits per heavy atom. The zero-order valence-corrected chi connectivity index (χ0v) is 27.4. The molecule has 0 atom stereocenters. The van der Waals surface area contributed by atoms with Crippen molar-refractivity contribution in [2.75, 3.05) is 0 Å². The van der Waals surface area contributed by atoms with Gasteiger partial charge in [-0.2, -0.15) is 0 Å². The Kier molecular flexibility index (Phi) is 5.89. The Labute approximate surface area is 292 Å². The fourth-order valence-corrected chi connectivity index (χ4v) is 7.96. The highest BCUT2D eigenvalue weighted by molar-refractivity contribution is 6.12. The summed E-state index contributed by atoms with van der Waals surface area (Å²) in [5.74, 6) is 0.736. The van der Waals surface area contributed by atoms with E-state index >= 15 is 0 Å². The summed E-state index contributed by atoms with van der Waals surface area (Å²) in [4.78, 5) is 9.54. The van der Waals surface area contributed by atoms with Crippen LogP contribution in [-0.2, 0) is 0 Å². The molecule has 0 fully saturated rings. The average molecular weight is 653 g/mol. The van der Waals surface area contributed by atoms with Gasteiger partial charge in [0.15, 0.2) is 11.4 Å². The lowest BCUT2D eigenvalue weighted by Gasteiger charge is -2.11. The molecule has 5 nitrogen and oxygen atoms in total. The lowest BCUT2D eigenvalue weighted by molar-refractivity contribution is 0.662. The molecule has 238 valence electrons. The highest BCUT2D eigenvalue weighted by Gasteiger charge is 2.20. The van der Waals surface area contributed by atoms with Gasteiger partial charge < -0.3 is 8.98 Å². The fraction of sp³-hybridized carbons (Fsp3) is 0. The van der Waals surface area contributed by atoms with Crippen molar-refractivity contribution >= 4 is 65.7 Å². The molecule has 0 aliphatic rings. The molecule has 5 heteroatoms. The van der Waals surface area contributed by atoms with E-state index in [9.17, 15) is 0 Å². The molecule has 0 N–H and O–H groups in total. The first kappa shape index (κ1) is 27.9. The Morgan fingerprint density at radius 2 is 0.902 bits per heavy atom. The minimum absolute atomic E-state index is 0.673. The van der Waals surface area contributed by atoms with Gasteiger partial charge in [0.2, 0.25) is 0 Å². The highest BCUT2D eigenvalue weighted by atomic mass is 16.3. The van der Waals surface area contributed by atoms with E-state index in [1.165, 1.54) is 32.6 Å². The monoisotopic (exact) mass is 652 g/mol. The van der Waals surface area contributed by atoms with Crippen molar-refractivity contribution in [3.05, 3.63) is 170 Å². The Hall–Kier alpha value is -6.98. The SMILES string of the molecule is c1cc(-c2cccc(-n3c4ccccc4c4ccccc43)c2)cc(-c2ccc3oc4c(-n5c6ccccc6c6ccccc65)ncnc4c3c2)c1. The quantitative estimate of drug-likeness (QED) is 0.190. The molecule has 0 unspecified atom stereocenters. The lowest BCUT2D eigenvalue weighted by atomic mass is 9.98. The van der Waals surface area contributed by atoms with Crippen LogP contribution in [0.1, 0.15) is 0 Å². The molecule has 4 heterocycles. The minimum atomic E-state index is 0.673. The topological polar surface area (TPSA) is 48.8 Å². The number of para-hydroxylation sites is 4. The Balaban J connectivity index is 1.02. The van der Waals surface area contributed by atoms with Gasteiger partial charge in [0.1, 0.15) is 17.4 Å². The first-order valence-electron chi connectivity index (χ1n) is 17.2. The summed E-state index contributed by atoms with van der Waals surface area (Å²) in [6.07, 6.45) is 1.65. The van der Waals surface area contributed by atoms with Crippen LogP contribution in [0.15, 0.2) is 175 Å². The first-order valence-corrected chi connectivity index (χ1v) is 17.2. The van der Waals surface area contributed by atoms with Gasteiger partial charge in [0.05, 0.1) is 22.1 Å². The van der Waals surface area contributed by atoms with Crippen molar-refractivity contribution in [1.29, 1.82) is 0 Å². The maximum Gasteiger partial charge on any atom is 0.197 e. The predicted molar refractivity (Wildman–Crippen MR) is 209 cm³/mol. The fourth-order valence-electron chi connectivity index (χ4n) is 7.96. The summed E-state index contributed by atoms with van der Waals surface area (Å²) in [5, 5.41) is 5.84. The zero-order valence-electron chi connectivity index (χ0n) is 27.4. The molecule has 7 aromatic carbocycles. The van der Waals surface area contributed by atoms with Crippen LogP contribution < -0.4 is 0 Å². The van der Waals surface area contributed by atoms with E-state index in [2.05, 4.69) is 173 Å². The van der Waals surface area contributed by atoms with Crippen molar-refractivity contribution in [2.24, 2.45) is 0 Å². The van der Waals surface area contributed by atoms with Crippen LogP contribution in [0.3, 0.4) is 0 Å². The third-order valence-electron chi connectivity index (χ3n) is 10.2. The largest absolute Gasteiger partial charge is 0.450 e. The molecule has 0 radical (unpaired) electrons. The number of aromatic nitrogens is 4. The van der Waals surface area contributed by atoms with Crippen LogP contribution in [0.25, 0.3) is 99.4 Å². The maximum atomic E-state index is 6.55. The number of nitrogens with zero attached hydrogens (tertiary/aromatic N) is 4. The van der Waals surface area contributed by atoms with E-state index in [1.54, 1.807) is 6.33 Å². The normalized spacial score (nSPS) is 11.9. The molecule has 0 saturated heterocycles. The number of rotatable bonds is 4. The van der Waals surface area contributed by atoms with Crippen LogP contribution >= 0.6 is 0 Å². The molecule has 11 rings (SSSR count). The van der Waals surface area contributed by atoms with Gasteiger partial charge >= 0.3 is 0 Å². The van der Waals surface area contributed by atoms with Crippen molar-refractivity contribution in [2.45, 2.75) is 0 Å². The minimum Gasteiger partial charge on any atom is -0.450 e. The molecular weight excluding hydrogens is 625 g/mol. The second kappa shape index (κ2) is 10.8. The molecule has 0 saturated carbocycles. The number of hydrogen-bond acceptors (Lipinski definition) is 3. The summed E-state index contributed by atoms with van der Waals surface area (Å²) < 4.78 is 11.1. The summed E-state index contributed by atoms with van der Waals surface area (Å²) >= 11 is 0. The molecule has 0 amide bonds. The standard InChI is InChI=1S/C46H28N4O/c1-5-19-39-34(15-1)35-16-2-6-20-40(35)49(39)33-14-10-13-31(26-33)29-11-9-12-30(25-29)32-23-24-43-38(27-32)44-45(51-43)46(48-28-47-44)50-41-21-7-3-17-36(41)37-18-4-8-22-42(37)50/h1-28H. The number of furan rings is 1. The first-order chi connectivity index (χ1) is 25.3. The Morgan fingerprint density at radius 3 is 1.51 bits per heavy atom. The Bertz CT molecular complexity index is 3060. The summed E-state index contributed by atoms with van der Waals surface area (Å²) in [7, 11) is 0. The van der Waals surface area contributed by atoms with E-state index in [1.807, 2.05) is 0 Å². The van der Waals surface area contributed by atoms with Crippen molar-refractivity contribution < 1.29 is 4.42 Å². The van der Waals surface area contributed by atoms with E-state index in [-0.39, 0.29) is 0 Å². The van der Waals surface area contributed by atoms with Gasteiger partial charge in [0, 0.05) is 32.6 Å². The molecule has 0 aliphatic heterocycles. The van der Waals surface area contributed by atoms with Crippen molar-refractivity contribution in [3.8, 4) is 33.8 Å². The second-order valence-electron chi connectivity index (χ2n) is 13.1. The zero-order chi connectivity index (χ0) is 33.5. The second-order valence-corrected chi connectivity index (χ2v) is 13.1.